The van der Waals surface area contributed by atoms with Crippen molar-refractivity contribution in [3.63, 3.8) is 0 Å². The van der Waals surface area contributed by atoms with Crippen LogP contribution in [0.3, 0.4) is 0 Å². The highest BCUT2D eigenvalue weighted by molar-refractivity contribution is 7.07. The van der Waals surface area contributed by atoms with Crippen LogP contribution in [0.2, 0.25) is 0 Å². The third-order valence-corrected chi connectivity index (χ3v) is 3.34. The average molecular weight is 276 g/mol. The first kappa shape index (κ1) is 13.4. The number of benzene rings is 1. The molecule has 0 aliphatic carbocycles. The van der Waals surface area contributed by atoms with E-state index in [1.807, 2.05) is 23.8 Å². The second-order valence-electron chi connectivity index (χ2n) is 4.00. The van der Waals surface area contributed by atoms with E-state index < -0.39 is 0 Å². The van der Waals surface area contributed by atoms with Gasteiger partial charge in [-0.2, -0.15) is 11.3 Å². The normalized spacial score (nSPS) is 10.2. The van der Waals surface area contributed by atoms with Crippen molar-refractivity contribution in [2.75, 3.05) is 12.3 Å². The topological polar surface area (TPSA) is 64.3 Å². The lowest BCUT2D eigenvalue weighted by molar-refractivity contribution is 0.0951. The standard InChI is InChI=1S/C14H16N2O2S/c1-2-18-13-4-3-11(7-12(13)15)14(17)16-8-10-5-6-19-9-10/h3-7,9H,2,8,15H2,1H3,(H,16,17). The lowest BCUT2D eigenvalue weighted by Crippen LogP contribution is -2.22. The Kier molecular flexibility index (Phi) is 4.41. The van der Waals surface area contributed by atoms with Gasteiger partial charge in [0.05, 0.1) is 12.3 Å². The third-order valence-electron chi connectivity index (χ3n) is 2.60. The molecule has 1 heterocycles. The molecule has 0 atom stereocenters. The molecule has 0 saturated carbocycles. The van der Waals surface area contributed by atoms with E-state index in [-0.39, 0.29) is 5.91 Å². The molecule has 4 nitrogen and oxygen atoms in total. The molecule has 5 heteroatoms. The Labute approximate surface area is 116 Å². The van der Waals surface area contributed by atoms with Gasteiger partial charge in [-0.1, -0.05) is 0 Å². The van der Waals surface area contributed by atoms with Crippen molar-refractivity contribution in [3.05, 3.63) is 46.2 Å². The molecule has 3 N–H and O–H groups in total. The lowest BCUT2D eigenvalue weighted by atomic mass is 10.1. The van der Waals surface area contributed by atoms with Crippen LogP contribution in [-0.2, 0) is 6.54 Å². The van der Waals surface area contributed by atoms with Crippen molar-refractivity contribution in [3.8, 4) is 5.75 Å². The summed E-state index contributed by atoms with van der Waals surface area (Å²) in [5.74, 6) is 0.470. The predicted octanol–water partition coefficient (Wildman–Crippen LogP) is 2.66. The summed E-state index contributed by atoms with van der Waals surface area (Å²) in [4.78, 5) is 12.0. The summed E-state index contributed by atoms with van der Waals surface area (Å²) < 4.78 is 5.33. The number of carbonyl (C=O) groups is 1. The van der Waals surface area contributed by atoms with Gasteiger partial charge in [0, 0.05) is 12.1 Å². The second-order valence-corrected chi connectivity index (χ2v) is 4.78. The van der Waals surface area contributed by atoms with Gasteiger partial charge >= 0.3 is 0 Å². The monoisotopic (exact) mass is 276 g/mol. The van der Waals surface area contributed by atoms with Gasteiger partial charge in [0.25, 0.3) is 5.91 Å². The molecule has 0 aliphatic heterocycles. The van der Waals surface area contributed by atoms with Crippen molar-refractivity contribution in [2.45, 2.75) is 13.5 Å². The van der Waals surface area contributed by atoms with Crippen LogP contribution in [-0.4, -0.2) is 12.5 Å². The number of hydrogen-bond donors (Lipinski definition) is 2. The van der Waals surface area contributed by atoms with Crippen LogP contribution in [0.1, 0.15) is 22.8 Å². The number of rotatable bonds is 5. The molecule has 1 amide bonds. The van der Waals surface area contributed by atoms with Crippen molar-refractivity contribution in [1.29, 1.82) is 0 Å². The fourth-order valence-electron chi connectivity index (χ4n) is 1.65. The van der Waals surface area contributed by atoms with Crippen LogP contribution in [0.15, 0.2) is 35.0 Å². The molecule has 0 radical (unpaired) electrons. The number of thiophene rings is 1. The minimum Gasteiger partial charge on any atom is -0.492 e. The largest absolute Gasteiger partial charge is 0.492 e. The van der Waals surface area contributed by atoms with E-state index in [1.54, 1.807) is 29.5 Å². The van der Waals surface area contributed by atoms with Crippen molar-refractivity contribution in [1.82, 2.24) is 5.32 Å². The fourth-order valence-corrected chi connectivity index (χ4v) is 2.32. The van der Waals surface area contributed by atoms with Crippen molar-refractivity contribution in [2.24, 2.45) is 0 Å². The summed E-state index contributed by atoms with van der Waals surface area (Å²) in [6.07, 6.45) is 0. The summed E-state index contributed by atoms with van der Waals surface area (Å²) in [6.45, 7) is 2.96. The maximum absolute atomic E-state index is 12.0. The Hall–Kier alpha value is -2.01. The maximum Gasteiger partial charge on any atom is 0.251 e. The molecule has 1 aromatic carbocycles. The van der Waals surface area contributed by atoms with Crippen LogP contribution in [0.25, 0.3) is 0 Å². The summed E-state index contributed by atoms with van der Waals surface area (Å²) in [7, 11) is 0. The highest BCUT2D eigenvalue weighted by Gasteiger charge is 2.08. The zero-order valence-electron chi connectivity index (χ0n) is 10.7. The average Bonchev–Trinajstić information content (AvgIpc) is 2.91. The Bertz CT molecular complexity index is 553. The Morgan fingerprint density at radius 3 is 2.89 bits per heavy atom. The first-order chi connectivity index (χ1) is 9.20. The van der Waals surface area contributed by atoms with E-state index in [0.29, 0.717) is 30.2 Å². The van der Waals surface area contributed by atoms with Gasteiger partial charge in [-0.05, 0) is 47.5 Å². The Balaban J connectivity index is 2.01. The minimum atomic E-state index is -0.138. The van der Waals surface area contributed by atoms with Crippen LogP contribution in [0.5, 0.6) is 5.75 Å². The zero-order valence-corrected chi connectivity index (χ0v) is 11.5. The Morgan fingerprint density at radius 2 is 2.26 bits per heavy atom. The first-order valence-electron chi connectivity index (χ1n) is 6.02. The molecule has 0 bridgehead atoms. The minimum absolute atomic E-state index is 0.138. The van der Waals surface area contributed by atoms with E-state index in [2.05, 4.69) is 5.32 Å². The van der Waals surface area contributed by atoms with Crippen molar-refractivity contribution < 1.29 is 9.53 Å². The summed E-state index contributed by atoms with van der Waals surface area (Å²) in [5, 5.41) is 6.84. The number of nitrogen functional groups attached to an aromatic ring is 1. The molecule has 2 rings (SSSR count). The van der Waals surface area contributed by atoms with Crippen LogP contribution < -0.4 is 15.8 Å². The highest BCUT2D eigenvalue weighted by Crippen LogP contribution is 2.22. The maximum atomic E-state index is 12.0. The lowest BCUT2D eigenvalue weighted by Gasteiger charge is -2.09. The van der Waals surface area contributed by atoms with Crippen LogP contribution in [0, 0.1) is 0 Å². The molecule has 100 valence electrons. The van der Waals surface area contributed by atoms with E-state index >= 15 is 0 Å². The molecule has 0 spiro atoms. The van der Waals surface area contributed by atoms with Gasteiger partial charge in [-0.15, -0.1) is 0 Å². The molecule has 1 aromatic heterocycles. The summed E-state index contributed by atoms with van der Waals surface area (Å²) in [5.41, 5.74) is 7.94. The number of hydrogen-bond acceptors (Lipinski definition) is 4. The van der Waals surface area contributed by atoms with Gasteiger partial charge in [0.2, 0.25) is 0 Å². The fraction of sp³-hybridized carbons (Fsp3) is 0.214. The van der Waals surface area contributed by atoms with E-state index in [0.717, 1.165) is 5.56 Å². The first-order valence-corrected chi connectivity index (χ1v) is 6.96. The quantitative estimate of drug-likeness (QED) is 0.825. The van der Waals surface area contributed by atoms with Crippen LogP contribution in [0.4, 0.5) is 5.69 Å². The molecule has 0 unspecified atom stereocenters. The number of nitrogens with two attached hydrogens (primary N) is 1. The third kappa shape index (κ3) is 3.48. The number of ether oxygens (including phenoxy) is 1. The second kappa shape index (κ2) is 6.24. The van der Waals surface area contributed by atoms with Crippen LogP contribution >= 0.6 is 11.3 Å². The molecule has 0 fully saturated rings. The van der Waals surface area contributed by atoms with Gasteiger partial charge in [-0.3, -0.25) is 4.79 Å². The molecular formula is C14H16N2O2S. The van der Waals surface area contributed by atoms with Gasteiger partial charge < -0.3 is 15.8 Å². The van der Waals surface area contributed by atoms with Crippen molar-refractivity contribution >= 4 is 22.9 Å². The number of anilines is 1. The number of carbonyl (C=O) groups excluding carboxylic acids is 1. The van der Waals surface area contributed by atoms with E-state index in [4.69, 9.17) is 10.5 Å². The molecule has 19 heavy (non-hydrogen) atoms. The number of amides is 1. The smallest absolute Gasteiger partial charge is 0.251 e. The molecule has 0 aliphatic rings. The zero-order chi connectivity index (χ0) is 13.7. The Morgan fingerprint density at radius 1 is 1.42 bits per heavy atom. The summed E-state index contributed by atoms with van der Waals surface area (Å²) >= 11 is 1.61. The molecule has 0 saturated heterocycles. The van der Waals surface area contributed by atoms with Gasteiger partial charge in [0.15, 0.2) is 0 Å². The van der Waals surface area contributed by atoms with E-state index in [1.165, 1.54) is 0 Å². The SMILES string of the molecule is CCOc1ccc(C(=O)NCc2ccsc2)cc1N. The van der Waals surface area contributed by atoms with Gasteiger partial charge in [0.1, 0.15) is 5.75 Å². The highest BCUT2D eigenvalue weighted by atomic mass is 32.1. The van der Waals surface area contributed by atoms with Gasteiger partial charge in [-0.25, -0.2) is 0 Å². The molecular weight excluding hydrogens is 260 g/mol. The number of nitrogens with one attached hydrogen (secondary N) is 1. The van der Waals surface area contributed by atoms with E-state index in [9.17, 15) is 4.79 Å². The summed E-state index contributed by atoms with van der Waals surface area (Å²) in [6, 6.07) is 7.05. The molecule has 2 aromatic rings. The predicted molar refractivity (Wildman–Crippen MR) is 77.5 cm³/mol.